The first-order valence-corrected chi connectivity index (χ1v) is 8.68. The highest BCUT2D eigenvalue weighted by molar-refractivity contribution is 5.15. The van der Waals surface area contributed by atoms with Crippen molar-refractivity contribution in [2.45, 2.75) is 43.6 Å². The Balaban J connectivity index is 1.81. The minimum Gasteiger partial charge on any atom is -0.368 e. The monoisotopic (exact) mass is 400 g/mol. The molecule has 2 aromatic rings. The lowest BCUT2D eigenvalue weighted by Gasteiger charge is -2.45. The molecule has 0 spiro atoms. The molecule has 28 heavy (non-hydrogen) atoms. The summed E-state index contributed by atoms with van der Waals surface area (Å²) < 4.78 is 71.2. The van der Waals surface area contributed by atoms with Crippen molar-refractivity contribution in [1.82, 2.24) is 0 Å². The van der Waals surface area contributed by atoms with Crippen LogP contribution in [0.2, 0.25) is 0 Å². The van der Waals surface area contributed by atoms with Crippen molar-refractivity contribution in [3.05, 3.63) is 71.8 Å². The molecule has 1 N–H and O–H groups in total. The fourth-order valence-electron chi connectivity index (χ4n) is 3.01. The molecule has 1 aliphatic heterocycles. The van der Waals surface area contributed by atoms with E-state index in [9.17, 15) is 18.3 Å². The summed E-state index contributed by atoms with van der Waals surface area (Å²) in [5.74, 6) is 0. The van der Waals surface area contributed by atoms with Crippen LogP contribution in [0, 0.1) is 0 Å². The Hall–Kier alpha value is -2.00. The molecule has 0 aromatic heterocycles. The topological polar surface area (TPSA) is 47.9 Å². The first-order chi connectivity index (χ1) is 13.3. The van der Waals surface area contributed by atoms with Crippen molar-refractivity contribution in [2.75, 3.05) is 6.61 Å². The first-order valence-electron chi connectivity index (χ1n) is 8.68. The van der Waals surface area contributed by atoms with Crippen molar-refractivity contribution in [3.8, 4) is 0 Å². The number of aliphatic hydroxyl groups is 1. The standard InChI is InChI=1S/C20H20F4O4/c21-19(20(22,23)24)17(27-12-15-9-5-2-6-10-15)16(13-28-18(19)25)26-11-14-7-3-1-4-8-14/h1-10,16-18,25H,11-13H2/t16-,17-,18-,19-/m1/s1. The fourth-order valence-corrected chi connectivity index (χ4v) is 3.01. The molecule has 4 nitrogen and oxygen atoms in total. The molecule has 152 valence electrons. The highest BCUT2D eigenvalue weighted by atomic mass is 19.4. The Kier molecular flexibility index (Phi) is 6.34. The van der Waals surface area contributed by atoms with Crippen LogP contribution in [0.3, 0.4) is 0 Å². The zero-order chi connectivity index (χ0) is 20.2. The predicted octanol–water partition coefficient (Wildman–Crippen LogP) is 3.78. The molecule has 0 saturated carbocycles. The SMILES string of the molecule is O[C@@H]1OC[C@@H](OCc2ccccc2)[C@@H](OCc2ccccc2)[C@]1(F)C(F)(F)F. The van der Waals surface area contributed by atoms with E-state index in [1.807, 2.05) is 0 Å². The van der Waals surface area contributed by atoms with Gasteiger partial charge in [-0.3, -0.25) is 0 Å². The van der Waals surface area contributed by atoms with Gasteiger partial charge in [-0.25, -0.2) is 4.39 Å². The highest BCUT2D eigenvalue weighted by Gasteiger charge is 2.70. The van der Waals surface area contributed by atoms with E-state index in [1.54, 1.807) is 60.7 Å². The van der Waals surface area contributed by atoms with Gasteiger partial charge < -0.3 is 19.3 Å². The van der Waals surface area contributed by atoms with E-state index in [4.69, 9.17) is 9.47 Å². The van der Waals surface area contributed by atoms with Crippen LogP contribution < -0.4 is 0 Å². The lowest BCUT2D eigenvalue weighted by Crippen LogP contribution is -2.68. The molecule has 1 heterocycles. The molecule has 0 radical (unpaired) electrons. The van der Waals surface area contributed by atoms with Gasteiger partial charge in [-0.15, -0.1) is 0 Å². The number of ether oxygens (including phenoxy) is 3. The maximum atomic E-state index is 15.1. The van der Waals surface area contributed by atoms with E-state index >= 15 is 4.39 Å². The van der Waals surface area contributed by atoms with Crippen LogP contribution in [0.1, 0.15) is 11.1 Å². The summed E-state index contributed by atoms with van der Waals surface area (Å²) >= 11 is 0. The minimum absolute atomic E-state index is 0.0515. The molecule has 1 aliphatic rings. The van der Waals surface area contributed by atoms with E-state index in [2.05, 4.69) is 4.74 Å². The molecular formula is C20H20F4O4. The molecule has 0 unspecified atom stereocenters. The van der Waals surface area contributed by atoms with Crippen LogP contribution in [0.5, 0.6) is 0 Å². The maximum Gasteiger partial charge on any atom is 0.430 e. The predicted molar refractivity (Wildman–Crippen MR) is 91.9 cm³/mol. The van der Waals surface area contributed by atoms with Gasteiger partial charge in [0.1, 0.15) is 12.2 Å². The first kappa shape index (κ1) is 20.7. The molecular weight excluding hydrogens is 380 g/mol. The molecule has 1 saturated heterocycles. The van der Waals surface area contributed by atoms with E-state index in [0.717, 1.165) is 0 Å². The van der Waals surface area contributed by atoms with Crippen molar-refractivity contribution < 1.29 is 36.9 Å². The summed E-state index contributed by atoms with van der Waals surface area (Å²) in [5, 5.41) is 9.68. The fraction of sp³-hybridized carbons (Fsp3) is 0.400. The summed E-state index contributed by atoms with van der Waals surface area (Å²) in [6, 6.07) is 17.1. The number of benzene rings is 2. The second kappa shape index (κ2) is 8.57. The third kappa shape index (κ3) is 4.35. The number of hydrogen-bond donors (Lipinski definition) is 1. The van der Waals surface area contributed by atoms with Crippen molar-refractivity contribution >= 4 is 0 Å². The third-order valence-electron chi connectivity index (χ3n) is 4.54. The van der Waals surface area contributed by atoms with Gasteiger partial charge in [0.25, 0.3) is 5.67 Å². The van der Waals surface area contributed by atoms with E-state index in [1.165, 1.54) is 0 Å². The van der Waals surface area contributed by atoms with Gasteiger partial charge in [0.2, 0.25) is 6.29 Å². The Morgan fingerprint density at radius 1 is 0.929 bits per heavy atom. The lowest BCUT2D eigenvalue weighted by atomic mass is 9.90. The number of hydrogen-bond acceptors (Lipinski definition) is 4. The minimum atomic E-state index is -5.41. The van der Waals surface area contributed by atoms with Crippen molar-refractivity contribution in [2.24, 2.45) is 0 Å². The maximum absolute atomic E-state index is 15.1. The Labute approximate surface area is 159 Å². The Morgan fingerprint density at radius 2 is 1.43 bits per heavy atom. The Bertz CT molecular complexity index is 741. The van der Waals surface area contributed by atoms with E-state index < -0.39 is 36.9 Å². The molecule has 4 atom stereocenters. The number of rotatable bonds is 6. The molecule has 8 heteroatoms. The van der Waals surface area contributed by atoms with E-state index in [0.29, 0.717) is 11.1 Å². The molecule has 2 aromatic carbocycles. The molecule has 3 rings (SSSR count). The summed E-state index contributed by atoms with van der Waals surface area (Å²) in [4.78, 5) is 0. The van der Waals surface area contributed by atoms with Gasteiger partial charge in [-0.1, -0.05) is 60.7 Å². The number of aliphatic hydroxyl groups excluding tert-OH is 1. The Morgan fingerprint density at radius 3 is 1.93 bits per heavy atom. The molecule has 1 fully saturated rings. The second-order valence-corrected chi connectivity index (χ2v) is 6.50. The van der Waals surface area contributed by atoms with Crippen LogP contribution in [0.25, 0.3) is 0 Å². The summed E-state index contributed by atoms with van der Waals surface area (Å²) in [5.41, 5.74) is -2.86. The number of alkyl halides is 4. The molecule has 0 aliphatic carbocycles. The second-order valence-electron chi connectivity index (χ2n) is 6.50. The lowest BCUT2D eigenvalue weighted by molar-refractivity contribution is -0.376. The van der Waals surface area contributed by atoms with Crippen LogP contribution >= 0.6 is 0 Å². The van der Waals surface area contributed by atoms with Crippen molar-refractivity contribution in [3.63, 3.8) is 0 Å². The van der Waals surface area contributed by atoms with Gasteiger partial charge in [0.05, 0.1) is 19.8 Å². The van der Waals surface area contributed by atoms with Crippen LogP contribution in [0.15, 0.2) is 60.7 Å². The quantitative estimate of drug-likeness (QED) is 0.750. The average molecular weight is 400 g/mol. The van der Waals surface area contributed by atoms with Crippen LogP contribution in [0.4, 0.5) is 17.6 Å². The van der Waals surface area contributed by atoms with Crippen LogP contribution in [-0.4, -0.2) is 42.1 Å². The summed E-state index contributed by atoms with van der Waals surface area (Å²) in [6.07, 6.45) is -11.6. The normalized spacial score (nSPS) is 28.2. The van der Waals surface area contributed by atoms with Gasteiger partial charge in [-0.05, 0) is 11.1 Å². The van der Waals surface area contributed by atoms with Crippen molar-refractivity contribution in [1.29, 1.82) is 0 Å². The van der Waals surface area contributed by atoms with Gasteiger partial charge in [-0.2, -0.15) is 13.2 Å². The smallest absolute Gasteiger partial charge is 0.368 e. The van der Waals surface area contributed by atoms with Crippen LogP contribution in [-0.2, 0) is 27.4 Å². The molecule has 0 bridgehead atoms. The zero-order valence-corrected chi connectivity index (χ0v) is 14.8. The largest absolute Gasteiger partial charge is 0.430 e. The number of halogens is 4. The third-order valence-corrected chi connectivity index (χ3v) is 4.54. The average Bonchev–Trinajstić information content (AvgIpc) is 2.69. The summed E-state index contributed by atoms with van der Waals surface area (Å²) in [6.45, 7) is -0.759. The summed E-state index contributed by atoms with van der Waals surface area (Å²) in [7, 11) is 0. The molecule has 0 amide bonds. The van der Waals surface area contributed by atoms with Gasteiger partial charge >= 0.3 is 6.18 Å². The zero-order valence-electron chi connectivity index (χ0n) is 14.8. The highest BCUT2D eigenvalue weighted by Crippen LogP contribution is 2.45. The van der Waals surface area contributed by atoms with Gasteiger partial charge in [0, 0.05) is 0 Å². The van der Waals surface area contributed by atoms with Gasteiger partial charge in [0.15, 0.2) is 0 Å². The van der Waals surface area contributed by atoms with E-state index in [-0.39, 0.29) is 13.2 Å².